The SMILES string of the molecule is C#CCN(Cc1ccccc1)c1ccc(NC(=O)C2CCCO2)cc1. The monoisotopic (exact) mass is 334 g/mol. The van der Waals surface area contributed by atoms with E-state index in [1.165, 1.54) is 5.56 Å². The zero-order chi connectivity index (χ0) is 17.5. The van der Waals surface area contributed by atoms with Crippen LogP contribution in [0.25, 0.3) is 0 Å². The van der Waals surface area contributed by atoms with Crippen LogP contribution in [0.5, 0.6) is 0 Å². The summed E-state index contributed by atoms with van der Waals surface area (Å²) in [6, 6.07) is 18.0. The Kier molecular flexibility index (Phi) is 5.71. The van der Waals surface area contributed by atoms with Crippen molar-refractivity contribution in [1.82, 2.24) is 0 Å². The van der Waals surface area contributed by atoms with Crippen molar-refractivity contribution in [2.75, 3.05) is 23.4 Å². The number of carbonyl (C=O) groups is 1. The Hall–Kier alpha value is -2.77. The Morgan fingerprint density at radius 2 is 1.96 bits per heavy atom. The maximum atomic E-state index is 12.1. The summed E-state index contributed by atoms with van der Waals surface area (Å²) < 4.78 is 5.40. The molecule has 0 saturated carbocycles. The average Bonchev–Trinajstić information content (AvgIpc) is 3.18. The van der Waals surface area contributed by atoms with E-state index in [9.17, 15) is 4.79 Å². The lowest BCUT2D eigenvalue weighted by atomic mass is 10.2. The van der Waals surface area contributed by atoms with E-state index >= 15 is 0 Å². The van der Waals surface area contributed by atoms with Gasteiger partial charge in [-0.15, -0.1) is 6.42 Å². The summed E-state index contributed by atoms with van der Waals surface area (Å²) in [5, 5.41) is 2.91. The number of terminal acetylenes is 1. The van der Waals surface area contributed by atoms with Crippen LogP contribution in [0.2, 0.25) is 0 Å². The maximum Gasteiger partial charge on any atom is 0.253 e. The summed E-state index contributed by atoms with van der Waals surface area (Å²) >= 11 is 0. The van der Waals surface area contributed by atoms with Gasteiger partial charge in [-0.1, -0.05) is 36.3 Å². The zero-order valence-electron chi connectivity index (χ0n) is 14.2. The molecule has 1 aliphatic heterocycles. The summed E-state index contributed by atoms with van der Waals surface area (Å²) in [5.41, 5.74) is 3.00. The Morgan fingerprint density at radius 1 is 1.20 bits per heavy atom. The quantitative estimate of drug-likeness (QED) is 0.823. The number of rotatable bonds is 6. The second kappa shape index (κ2) is 8.36. The van der Waals surface area contributed by atoms with Gasteiger partial charge in [0.2, 0.25) is 0 Å². The predicted molar refractivity (Wildman–Crippen MR) is 100 cm³/mol. The van der Waals surface area contributed by atoms with Crippen LogP contribution in [0.4, 0.5) is 11.4 Å². The highest BCUT2D eigenvalue weighted by atomic mass is 16.5. The van der Waals surface area contributed by atoms with E-state index in [1.807, 2.05) is 42.5 Å². The minimum Gasteiger partial charge on any atom is -0.368 e. The lowest BCUT2D eigenvalue weighted by Crippen LogP contribution is -2.27. The fraction of sp³-hybridized carbons (Fsp3) is 0.286. The summed E-state index contributed by atoms with van der Waals surface area (Å²) in [7, 11) is 0. The molecule has 2 aromatic rings. The Labute approximate surface area is 148 Å². The second-order valence-corrected chi connectivity index (χ2v) is 6.08. The zero-order valence-corrected chi connectivity index (χ0v) is 14.2. The number of hydrogen-bond donors (Lipinski definition) is 1. The van der Waals surface area contributed by atoms with Gasteiger partial charge in [-0.2, -0.15) is 0 Å². The molecule has 4 nitrogen and oxygen atoms in total. The van der Waals surface area contributed by atoms with Gasteiger partial charge in [0.1, 0.15) is 6.10 Å². The molecule has 0 aromatic heterocycles. The van der Waals surface area contributed by atoms with Crippen LogP contribution < -0.4 is 10.2 Å². The summed E-state index contributed by atoms with van der Waals surface area (Å²) in [6.45, 7) is 1.93. The summed E-state index contributed by atoms with van der Waals surface area (Å²) in [4.78, 5) is 14.2. The number of nitrogens with zero attached hydrogens (tertiary/aromatic N) is 1. The lowest BCUT2D eigenvalue weighted by Gasteiger charge is -2.23. The number of ether oxygens (including phenoxy) is 1. The smallest absolute Gasteiger partial charge is 0.253 e. The van der Waals surface area contributed by atoms with Crippen molar-refractivity contribution >= 4 is 17.3 Å². The van der Waals surface area contributed by atoms with Crippen LogP contribution in [-0.4, -0.2) is 25.2 Å². The second-order valence-electron chi connectivity index (χ2n) is 6.08. The minimum atomic E-state index is -0.323. The van der Waals surface area contributed by atoms with Gasteiger partial charge in [-0.3, -0.25) is 4.79 Å². The maximum absolute atomic E-state index is 12.1. The molecule has 1 saturated heterocycles. The molecule has 0 spiro atoms. The first-order valence-corrected chi connectivity index (χ1v) is 8.51. The lowest BCUT2D eigenvalue weighted by molar-refractivity contribution is -0.124. The van der Waals surface area contributed by atoms with Crippen LogP contribution in [0.3, 0.4) is 0 Å². The van der Waals surface area contributed by atoms with E-state index in [2.05, 4.69) is 28.3 Å². The Morgan fingerprint density at radius 3 is 2.60 bits per heavy atom. The fourth-order valence-electron chi connectivity index (χ4n) is 2.92. The molecular weight excluding hydrogens is 312 g/mol. The standard InChI is InChI=1S/C21H22N2O2/c1-2-14-23(16-17-7-4-3-5-8-17)19-12-10-18(11-13-19)22-21(24)20-9-6-15-25-20/h1,3-5,7-8,10-13,20H,6,9,14-16H2,(H,22,24). The first kappa shape index (κ1) is 17.1. The topological polar surface area (TPSA) is 41.6 Å². The van der Waals surface area contributed by atoms with E-state index in [0.717, 1.165) is 30.8 Å². The third-order valence-corrected chi connectivity index (χ3v) is 4.22. The number of hydrogen-bond acceptors (Lipinski definition) is 3. The van der Waals surface area contributed by atoms with E-state index in [4.69, 9.17) is 11.2 Å². The molecule has 1 heterocycles. The first-order chi connectivity index (χ1) is 12.3. The van der Waals surface area contributed by atoms with Crippen molar-refractivity contribution < 1.29 is 9.53 Å². The summed E-state index contributed by atoms with van der Waals surface area (Å²) in [5.74, 6) is 2.64. The molecule has 1 amide bonds. The minimum absolute atomic E-state index is 0.0741. The molecule has 1 fully saturated rings. The van der Waals surface area contributed by atoms with Gasteiger partial charge in [-0.05, 0) is 42.7 Å². The fourth-order valence-corrected chi connectivity index (χ4v) is 2.92. The molecule has 2 aromatic carbocycles. The van der Waals surface area contributed by atoms with Crippen molar-refractivity contribution in [3.8, 4) is 12.3 Å². The molecule has 0 aliphatic carbocycles. The third kappa shape index (κ3) is 4.62. The van der Waals surface area contributed by atoms with Gasteiger partial charge < -0.3 is 15.0 Å². The molecule has 1 aliphatic rings. The highest BCUT2D eigenvalue weighted by Gasteiger charge is 2.23. The number of anilines is 2. The van der Waals surface area contributed by atoms with Gasteiger partial charge in [0.05, 0.1) is 6.54 Å². The van der Waals surface area contributed by atoms with Gasteiger partial charge in [0.15, 0.2) is 0 Å². The van der Waals surface area contributed by atoms with Gasteiger partial charge in [0.25, 0.3) is 5.91 Å². The molecule has 1 atom stereocenters. The number of nitrogens with one attached hydrogen (secondary N) is 1. The molecule has 4 heteroatoms. The van der Waals surface area contributed by atoms with Crippen LogP contribution in [0.15, 0.2) is 54.6 Å². The van der Waals surface area contributed by atoms with Gasteiger partial charge in [0, 0.05) is 24.5 Å². The molecule has 0 bridgehead atoms. The van der Waals surface area contributed by atoms with Gasteiger partial charge >= 0.3 is 0 Å². The molecule has 0 radical (unpaired) electrons. The first-order valence-electron chi connectivity index (χ1n) is 8.51. The predicted octanol–water partition coefficient (Wildman–Crippen LogP) is 3.44. The van der Waals surface area contributed by atoms with E-state index in [-0.39, 0.29) is 12.0 Å². The van der Waals surface area contributed by atoms with Crippen molar-refractivity contribution in [3.05, 3.63) is 60.2 Å². The Bertz CT molecular complexity index is 729. The molecular formula is C21H22N2O2. The Balaban J connectivity index is 1.66. The van der Waals surface area contributed by atoms with Crippen LogP contribution >= 0.6 is 0 Å². The molecule has 25 heavy (non-hydrogen) atoms. The van der Waals surface area contributed by atoms with Crippen molar-refractivity contribution in [2.24, 2.45) is 0 Å². The van der Waals surface area contributed by atoms with Crippen LogP contribution in [0, 0.1) is 12.3 Å². The van der Waals surface area contributed by atoms with Gasteiger partial charge in [-0.25, -0.2) is 0 Å². The highest BCUT2D eigenvalue weighted by molar-refractivity contribution is 5.94. The third-order valence-electron chi connectivity index (χ3n) is 4.22. The highest BCUT2D eigenvalue weighted by Crippen LogP contribution is 2.21. The summed E-state index contributed by atoms with van der Waals surface area (Å²) in [6.07, 6.45) is 6.93. The average molecular weight is 334 g/mol. The molecule has 128 valence electrons. The largest absolute Gasteiger partial charge is 0.368 e. The van der Waals surface area contributed by atoms with Crippen molar-refractivity contribution in [1.29, 1.82) is 0 Å². The van der Waals surface area contributed by atoms with E-state index in [0.29, 0.717) is 13.2 Å². The number of carbonyl (C=O) groups excluding carboxylic acids is 1. The number of benzene rings is 2. The van der Waals surface area contributed by atoms with E-state index in [1.54, 1.807) is 0 Å². The van der Waals surface area contributed by atoms with Crippen LogP contribution in [-0.2, 0) is 16.1 Å². The molecule has 3 rings (SSSR count). The molecule has 1 N–H and O–H groups in total. The normalized spacial score (nSPS) is 16.2. The van der Waals surface area contributed by atoms with Crippen LogP contribution in [0.1, 0.15) is 18.4 Å². The van der Waals surface area contributed by atoms with Crippen molar-refractivity contribution in [3.63, 3.8) is 0 Å². The van der Waals surface area contributed by atoms with Crippen molar-refractivity contribution in [2.45, 2.75) is 25.5 Å². The molecule has 1 unspecified atom stereocenters. The number of amides is 1. The van der Waals surface area contributed by atoms with E-state index < -0.39 is 0 Å².